The van der Waals surface area contributed by atoms with Gasteiger partial charge in [0.2, 0.25) is 5.91 Å². The van der Waals surface area contributed by atoms with Gasteiger partial charge in [-0.1, -0.05) is 13.8 Å². The molecule has 6 heteroatoms. The molecule has 0 radical (unpaired) electrons. The van der Waals surface area contributed by atoms with E-state index in [9.17, 15) is 9.59 Å². The number of urea groups is 1. The van der Waals surface area contributed by atoms with E-state index in [1.807, 2.05) is 53.8 Å². The van der Waals surface area contributed by atoms with E-state index in [1.54, 1.807) is 0 Å². The first kappa shape index (κ1) is 18.8. The predicted octanol–water partition coefficient (Wildman–Crippen LogP) is 3.29. The topological polar surface area (TPSA) is 66.4 Å². The molecular weight excluding hydrogens is 316 g/mol. The summed E-state index contributed by atoms with van der Waals surface area (Å²) in [6.07, 6.45) is 1.91. The van der Waals surface area contributed by atoms with Gasteiger partial charge >= 0.3 is 6.03 Å². The summed E-state index contributed by atoms with van der Waals surface area (Å²) in [4.78, 5) is 26.0. The summed E-state index contributed by atoms with van der Waals surface area (Å²) in [7, 11) is 0. The summed E-state index contributed by atoms with van der Waals surface area (Å²) in [5.74, 6) is 0.517. The predicted molar refractivity (Wildman–Crippen MR) is 102 cm³/mol. The lowest BCUT2D eigenvalue weighted by Crippen LogP contribution is -2.33. The smallest absolute Gasteiger partial charge is 0.319 e. The van der Waals surface area contributed by atoms with Crippen molar-refractivity contribution in [1.29, 1.82) is 0 Å². The fraction of sp³-hybridized carbons (Fsp3) is 0.474. The highest BCUT2D eigenvalue weighted by Gasteiger charge is 2.12. The van der Waals surface area contributed by atoms with Crippen LogP contribution in [0.5, 0.6) is 0 Å². The maximum atomic E-state index is 12.3. The van der Waals surface area contributed by atoms with Crippen LogP contribution in [0.4, 0.5) is 10.5 Å². The number of nitrogens with zero attached hydrogens (tertiary/aromatic N) is 2. The van der Waals surface area contributed by atoms with Gasteiger partial charge < -0.3 is 20.1 Å². The van der Waals surface area contributed by atoms with Gasteiger partial charge in [0, 0.05) is 42.4 Å². The minimum Gasteiger partial charge on any atom is -0.342 e. The summed E-state index contributed by atoms with van der Waals surface area (Å²) in [5.41, 5.74) is 1.72. The second-order valence-electron chi connectivity index (χ2n) is 6.51. The van der Waals surface area contributed by atoms with Crippen LogP contribution in [0.25, 0.3) is 10.9 Å². The van der Waals surface area contributed by atoms with Gasteiger partial charge in [-0.05, 0) is 44.0 Å². The van der Waals surface area contributed by atoms with Crippen molar-refractivity contribution in [3.8, 4) is 0 Å². The number of fused-ring (bicyclic) bond motifs is 1. The molecule has 1 heterocycles. The highest BCUT2D eigenvalue weighted by molar-refractivity contribution is 5.93. The Morgan fingerprint density at radius 2 is 1.88 bits per heavy atom. The lowest BCUT2D eigenvalue weighted by Gasteiger charge is -2.19. The highest BCUT2D eigenvalue weighted by Crippen LogP contribution is 2.20. The zero-order chi connectivity index (χ0) is 18.4. The van der Waals surface area contributed by atoms with Crippen molar-refractivity contribution in [2.24, 2.45) is 5.92 Å². The molecular formula is C19H28N4O2. The largest absolute Gasteiger partial charge is 0.342 e. The number of benzene rings is 1. The van der Waals surface area contributed by atoms with Gasteiger partial charge in [0.05, 0.1) is 0 Å². The molecule has 0 atom stereocenters. The van der Waals surface area contributed by atoms with E-state index in [4.69, 9.17) is 0 Å². The monoisotopic (exact) mass is 344 g/mol. The summed E-state index contributed by atoms with van der Waals surface area (Å²) in [6.45, 7) is 10.5. The van der Waals surface area contributed by atoms with E-state index in [0.717, 1.165) is 16.6 Å². The second-order valence-corrected chi connectivity index (χ2v) is 6.51. The number of hydrogen-bond donors (Lipinski definition) is 2. The average molecular weight is 344 g/mol. The van der Waals surface area contributed by atoms with Crippen molar-refractivity contribution in [3.63, 3.8) is 0 Å². The first-order chi connectivity index (χ1) is 11.9. The molecule has 1 aromatic heterocycles. The van der Waals surface area contributed by atoms with Gasteiger partial charge in [-0.15, -0.1) is 0 Å². The Morgan fingerprint density at radius 3 is 2.52 bits per heavy atom. The molecule has 0 aliphatic rings. The Balaban J connectivity index is 2.07. The first-order valence-corrected chi connectivity index (χ1v) is 8.86. The van der Waals surface area contributed by atoms with Crippen LogP contribution in [0.1, 0.15) is 27.7 Å². The van der Waals surface area contributed by atoms with Crippen LogP contribution < -0.4 is 10.6 Å². The number of carbonyl (C=O) groups is 2. The molecule has 0 aliphatic carbocycles. The lowest BCUT2D eigenvalue weighted by molar-refractivity contribution is -0.131. The van der Waals surface area contributed by atoms with Crippen LogP contribution in [0.2, 0.25) is 0 Å². The molecule has 0 saturated carbocycles. The van der Waals surface area contributed by atoms with Gasteiger partial charge in [0.25, 0.3) is 0 Å². The maximum absolute atomic E-state index is 12.3. The molecule has 2 N–H and O–H groups in total. The van der Waals surface area contributed by atoms with E-state index >= 15 is 0 Å². The van der Waals surface area contributed by atoms with Gasteiger partial charge in [-0.25, -0.2) is 4.79 Å². The molecule has 0 spiro atoms. The van der Waals surface area contributed by atoms with Crippen LogP contribution >= 0.6 is 0 Å². The highest BCUT2D eigenvalue weighted by atomic mass is 16.2. The van der Waals surface area contributed by atoms with Gasteiger partial charge in [-0.3, -0.25) is 4.79 Å². The molecule has 136 valence electrons. The Hall–Kier alpha value is -2.50. The lowest BCUT2D eigenvalue weighted by atomic mass is 10.2. The molecule has 6 nitrogen and oxygen atoms in total. The molecule has 0 saturated heterocycles. The van der Waals surface area contributed by atoms with Crippen LogP contribution in [0.3, 0.4) is 0 Å². The van der Waals surface area contributed by atoms with Crippen LogP contribution in [-0.4, -0.2) is 41.0 Å². The molecule has 2 rings (SSSR count). The fourth-order valence-electron chi connectivity index (χ4n) is 2.71. The maximum Gasteiger partial charge on any atom is 0.319 e. The quantitative estimate of drug-likeness (QED) is 0.809. The number of likely N-dealkylation sites (N-methyl/N-ethyl adjacent to an activating group) is 1. The van der Waals surface area contributed by atoms with E-state index in [-0.39, 0.29) is 11.9 Å². The van der Waals surface area contributed by atoms with Crippen molar-refractivity contribution in [2.75, 3.05) is 25.0 Å². The molecule has 2 aromatic rings. The van der Waals surface area contributed by atoms with E-state index < -0.39 is 0 Å². The summed E-state index contributed by atoms with van der Waals surface area (Å²) in [5, 5.41) is 6.67. The van der Waals surface area contributed by atoms with E-state index in [2.05, 4.69) is 24.5 Å². The van der Waals surface area contributed by atoms with E-state index in [1.165, 1.54) is 0 Å². The molecule has 25 heavy (non-hydrogen) atoms. The minimum atomic E-state index is -0.204. The fourth-order valence-corrected chi connectivity index (χ4v) is 2.71. The minimum absolute atomic E-state index is 0.109. The van der Waals surface area contributed by atoms with Crippen LogP contribution in [0.15, 0.2) is 30.5 Å². The number of hydrogen-bond acceptors (Lipinski definition) is 2. The number of rotatable bonds is 7. The number of amides is 3. The zero-order valence-corrected chi connectivity index (χ0v) is 15.5. The number of carbonyl (C=O) groups excluding carboxylic acids is 2. The third-order valence-electron chi connectivity index (χ3n) is 4.12. The number of nitrogens with one attached hydrogen (secondary N) is 2. The molecule has 0 aliphatic heterocycles. The SMILES string of the molecule is CCN(CC)C(=O)Cn1ccc2cc(NC(=O)NCC(C)C)ccc21. The van der Waals surface area contributed by atoms with E-state index in [0.29, 0.717) is 32.1 Å². The molecule has 3 amide bonds. The standard InChI is InChI=1S/C19H28N4O2/c1-5-22(6-2)18(24)13-23-10-9-15-11-16(7-8-17(15)23)21-19(25)20-12-14(3)4/h7-11,14H,5-6,12-13H2,1-4H3,(H2,20,21,25). The van der Waals surface area contributed by atoms with Crippen molar-refractivity contribution < 1.29 is 9.59 Å². The Labute approximate surface area is 149 Å². The molecule has 0 bridgehead atoms. The molecule has 0 fully saturated rings. The number of anilines is 1. The van der Waals surface area contributed by atoms with Crippen molar-refractivity contribution >= 4 is 28.5 Å². The van der Waals surface area contributed by atoms with Crippen LogP contribution in [0, 0.1) is 5.92 Å². The normalized spacial score (nSPS) is 10.9. The summed E-state index contributed by atoms with van der Waals surface area (Å²) < 4.78 is 1.94. The number of aromatic nitrogens is 1. The van der Waals surface area contributed by atoms with Gasteiger partial charge in [0.15, 0.2) is 0 Å². The summed E-state index contributed by atoms with van der Waals surface area (Å²) >= 11 is 0. The average Bonchev–Trinajstić information content (AvgIpc) is 2.96. The Morgan fingerprint density at radius 1 is 1.16 bits per heavy atom. The van der Waals surface area contributed by atoms with Crippen molar-refractivity contribution in [3.05, 3.63) is 30.5 Å². The zero-order valence-electron chi connectivity index (χ0n) is 15.5. The van der Waals surface area contributed by atoms with Crippen LogP contribution in [-0.2, 0) is 11.3 Å². The second kappa shape index (κ2) is 8.55. The van der Waals surface area contributed by atoms with Crippen molar-refractivity contribution in [2.45, 2.75) is 34.2 Å². The van der Waals surface area contributed by atoms with Gasteiger partial charge in [0.1, 0.15) is 6.54 Å². The molecule has 0 unspecified atom stereocenters. The Kier molecular flexibility index (Phi) is 6.44. The summed E-state index contributed by atoms with van der Waals surface area (Å²) in [6, 6.07) is 7.47. The first-order valence-electron chi connectivity index (χ1n) is 8.86. The molecule has 1 aromatic carbocycles. The Bertz CT molecular complexity index is 732. The van der Waals surface area contributed by atoms with Crippen molar-refractivity contribution in [1.82, 2.24) is 14.8 Å². The van der Waals surface area contributed by atoms with Gasteiger partial charge in [-0.2, -0.15) is 0 Å². The third-order valence-corrected chi connectivity index (χ3v) is 4.12. The third kappa shape index (κ3) is 4.98.